The van der Waals surface area contributed by atoms with Crippen molar-refractivity contribution in [2.75, 3.05) is 47.3 Å². The van der Waals surface area contributed by atoms with Gasteiger partial charge in [-0.25, -0.2) is 0 Å². The summed E-state index contributed by atoms with van der Waals surface area (Å²) in [4.78, 5) is 33.2. The number of piperazine rings is 1. The van der Waals surface area contributed by atoms with Crippen LogP contribution in [0.1, 0.15) is 11.1 Å². The van der Waals surface area contributed by atoms with Gasteiger partial charge in [-0.05, 0) is 42.4 Å². The first-order valence-electron chi connectivity index (χ1n) is 12.4. The van der Waals surface area contributed by atoms with E-state index in [0.29, 0.717) is 25.9 Å². The zero-order valence-corrected chi connectivity index (χ0v) is 21.0. The maximum absolute atomic E-state index is 13.7. The van der Waals surface area contributed by atoms with Crippen LogP contribution >= 0.6 is 0 Å². The molecule has 0 unspecified atom stereocenters. The third-order valence-corrected chi connectivity index (χ3v) is 7.09. The summed E-state index contributed by atoms with van der Waals surface area (Å²) in [5.41, 5.74) is 2.14. The summed E-state index contributed by atoms with van der Waals surface area (Å²) < 4.78 is 0. The van der Waals surface area contributed by atoms with Crippen LogP contribution in [0.2, 0.25) is 0 Å². The van der Waals surface area contributed by atoms with E-state index in [1.807, 2.05) is 54.4 Å². The second-order valence-corrected chi connectivity index (χ2v) is 9.51. The topological polar surface area (TPSA) is 55.9 Å². The number of rotatable bonds is 8. The molecule has 1 saturated heterocycles. The molecule has 4 rings (SSSR count). The Bertz CT molecular complexity index is 1140. The summed E-state index contributed by atoms with van der Waals surface area (Å²) in [5.74, 6) is -0.0394. The van der Waals surface area contributed by atoms with Gasteiger partial charge in [0.2, 0.25) is 11.8 Å². The molecule has 2 atom stereocenters. The minimum atomic E-state index is -0.541. The predicted molar refractivity (Wildman–Crippen MR) is 141 cm³/mol. The normalized spacial score (nSPS) is 16.1. The van der Waals surface area contributed by atoms with Gasteiger partial charge in [-0.15, -0.1) is 0 Å². The molecule has 1 aliphatic rings. The molecule has 3 aromatic rings. The van der Waals surface area contributed by atoms with Crippen LogP contribution in [0.15, 0.2) is 72.8 Å². The molecule has 184 valence electrons. The molecule has 35 heavy (non-hydrogen) atoms. The average Bonchev–Trinajstić information content (AvgIpc) is 2.90. The molecule has 6 nitrogen and oxygen atoms in total. The largest absolute Gasteiger partial charge is 0.338 e. The molecule has 0 saturated carbocycles. The van der Waals surface area contributed by atoms with Crippen LogP contribution < -0.4 is 5.32 Å². The Labute approximate surface area is 208 Å². The van der Waals surface area contributed by atoms with Crippen molar-refractivity contribution in [2.24, 2.45) is 0 Å². The van der Waals surface area contributed by atoms with Gasteiger partial charge in [0.1, 0.15) is 6.04 Å². The molecule has 1 N–H and O–H groups in total. The lowest BCUT2D eigenvalue weighted by Crippen LogP contribution is -2.57. The first-order chi connectivity index (χ1) is 17.0. The van der Waals surface area contributed by atoms with Crippen LogP contribution in [-0.4, -0.2) is 85.9 Å². The molecule has 3 aromatic carbocycles. The Hall–Kier alpha value is -3.22. The first kappa shape index (κ1) is 24.9. The highest BCUT2D eigenvalue weighted by atomic mass is 16.2. The van der Waals surface area contributed by atoms with E-state index in [9.17, 15) is 9.59 Å². The maximum atomic E-state index is 13.7. The lowest BCUT2D eigenvalue weighted by atomic mass is 9.99. The zero-order valence-electron chi connectivity index (χ0n) is 21.0. The van der Waals surface area contributed by atoms with Crippen molar-refractivity contribution in [1.29, 1.82) is 0 Å². The number of carbonyl (C=O) groups is 2. The molecular weight excluding hydrogens is 436 g/mol. The van der Waals surface area contributed by atoms with E-state index in [2.05, 4.69) is 47.6 Å². The second kappa shape index (κ2) is 11.5. The number of benzene rings is 3. The summed E-state index contributed by atoms with van der Waals surface area (Å²) >= 11 is 0. The van der Waals surface area contributed by atoms with Crippen LogP contribution in [0, 0.1) is 0 Å². The Morgan fingerprint density at radius 1 is 0.857 bits per heavy atom. The number of carbonyl (C=O) groups excluding carboxylic acids is 2. The second-order valence-electron chi connectivity index (χ2n) is 9.51. The van der Waals surface area contributed by atoms with Gasteiger partial charge in [0.05, 0.1) is 6.04 Å². The minimum Gasteiger partial charge on any atom is -0.338 e. The van der Waals surface area contributed by atoms with Crippen LogP contribution in [0.4, 0.5) is 0 Å². The van der Waals surface area contributed by atoms with Crippen molar-refractivity contribution in [1.82, 2.24) is 20.0 Å². The van der Waals surface area contributed by atoms with E-state index in [1.165, 1.54) is 5.39 Å². The summed E-state index contributed by atoms with van der Waals surface area (Å²) in [6.45, 7) is 3.08. The number of hydrogen-bond donors (Lipinski definition) is 1. The van der Waals surface area contributed by atoms with Crippen LogP contribution in [0.25, 0.3) is 10.8 Å². The third kappa shape index (κ3) is 6.08. The van der Waals surface area contributed by atoms with Gasteiger partial charge in [-0.1, -0.05) is 72.8 Å². The van der Waals surface area contributed by atoms with Gasteiger partial charge in [-0.3, -0.25) is 9.59 Å². The van der Waals surface area contributed by atoms with E-state index in [0.717, 1.165) is 29.6 Å². The zero-order chi connectivity index (χ0) is 24.8. The van der Waals surface area contributed by atoms with Crippen molar-refractivity contribution in [3.8, 4) is 0 Å². The molecule has 1 heterocycles. The van der Waals surface area contributed by atoms with Gasteiger partial charge in [0, 0.05) is 39.6 Å². The van der Waals surface area contributed by atoms with E-state index in [-0.39, 0.29) is 11.8 Å². The number of amides is 2. The quantitative estimate of drug-likeness (QED) is 0.548. The predicted octanol–water partition coefficient (Wildman–Crippen LogP) is 2.81. The van der Waals surface area contributed by atoms with Crippen molar-refractivity contribution >= 4 is 22.6 Å². The van der Waals surface area contributed by atoms with Gasteiger partial charge in [-0.2, -0.15) is 0 Å². The Morgan fingerprint density at radius 3 is 2.20 bits per heavy atom. The highest BCUT2D eigenvalue weighted by Gasteiger charge is 2.34. The lowest BCUT2D eigenvalue weighted by molar-refractivity contribution is -0.146. The molecular formula is C29H36N4O2. The molecule has 6 heteroatoms. The van der Waals surface area contributed by atoms with E-state index < -0.39 is 12.1 Å². The number of fused-ring (bicyclic) bond motifs is 1. The van der Waals surface area contributed by atoms with Crippen molar-refractivity contribution in [3.05, 3.63) is 83.9 Å². The summed E-state index contributed by atoms with van der Waals surface area (Å²) in [6, 6.07) is 23.6. The number of nitrogens with zero attached hydrogens (tertiary/aromatic N) is 3. The fraction of sp³-hybridized carbons (Fsp3) is 0.379. The van der Waals surface area contributed by atoms with Gasteiger partial charge in [0.25, 0.3) is 0 Å². The summed E-state index contributed by atoms with van der Waals surface area (Å²) in [6.07, 6.45) is 1.06. The van der Waals surface area contributed by atoms with Gasteiger partial charge in [0.15, 0.2) is 0 Å². The number of likely N-dealkylation sites (N-methyl/N-ethyl adjacent to an activating group) is 3. The molecule has 0 bridgehead atoms. The highest BCUT2D eigenvalue weighted by Crippen LogP contribution is 2.19. The lowest BCUT2D eigenvalue weighted by Gasteiger charge is -2.38. The molecule has 1 aliphatic heterocycles. The van der Waals surface area contributed by atoms with E-state index in [4.69, 9.17) is 0 Å². The maximum Gasteiger partial charge on any atom is 0.245 e. The monoisotopic (exact) mass is 472 g/mol. The smallest absolute Gasteiger partial charge is 0.245 e. The van der Waals surface area contributed by atoms with Gasteiger partial charge < -0.3 is 20.0 Å². The molecule has 0 radical (unpaired) electrons. The fourth-order valence-electron chi connectivity index (χ4n) is 4.78. The van der Waals surface area contributed by atoms with E-state index >= 15 is 0 Å². The van der Waals surface area contributed by atoms with Crippen molar-refractivity contribution in [2.45, 2.75) is 24.9 Å². The number of nitrogens with one attached hydrogen (secondary N) is 1. The van der Waals surface area contributed by atoms with Crippen LogP contribution in [0.3, 0.4) is 0 Å². The highest BCUT2D eigenvalue weighted by molar-refractivity contribution is 5.90. The van der Waals surface area contributed by atoms with E-state index in [1.54, 1.807) is 11.9 Å². The minimum absolute atomic E-state index is 0.0263. The average molecular weight is 473 g/mol. The summed E-state index contributed by atoms with van der Waals surface area (Å²) in [5, 5.41) is 5.54. The van der Waals surface area contributed by atoms with Gasteiger partial charge >= 0.3 is 0 Å². The van der Waals surface area contributed by atoms with Crippen molar-refractivity contribution in [3.63, 3.8) is 0 Å². The van der Waals surface area contributed by atoms with Crippen LogP contribution in [0.5, 0.6) is 0 Å². The molecule has 0 aliphatic carbocycles. The Kier molecular flexibility index (Phi) is 8.16. The summed E-state index contributed by atoms with van der Waals surface area (Å²) in [7, 11) is 5.66. The standard InChI is InChI=1S/C29H36N4O2/c1-30-26(20-23-13-14-24-11-7-8-12-25(24)19-23)28(34)32(3)27(21-22-9-5-4-6-10-22)29(35)33-17-15-31(2)16-18-33/h4-14,19,26-27,30H,15-18,20-21H2,1-3H3/t26-,27-/m1/s1. The Balaban J connectivity index is 1.53. The molecule has 2 amide bonds. The Morgan fingerprint density at radius 2 is 1.51 bits per heavy atom. The molecule has 0 spiro atoms. The third-order valence-electron chi connectivity index (χ3n) is 7.09. The first-order valence-corrected chi connectivity index (χ1v) is 12.4. The molecule has 1 fully saturated rings. The van der Waals surface area contributed by atoms with Crippen molar-refractivity contribution < 1.29 is 9.59 Å². The number of hydrogen-bond acceptors (Lipinski definition) is 4. The molecule has 0 aromatic heterocycles. The fourth-order valence-corrected chi connectivity index (χ4v) is 4.78. The van der Waals surface area contributed by atoms with Crippen LogP contribution in [-0.2, 0) is 22.4 Å². The SMILES string of the molecule is CN[C@H](Cc1ccc2ccccc2c1)C(=O)N(C)[C@H](Cc1ccccc1)C(=O)N1CCN(C)CC1.